The van der Waals surface area contributed by atoms with E-state index in [2.05, 4.69) is 0 Å². The van der Waals surface area contributed by atoms with Crippen LogP contribution in [0.2, 0.25) is 0 Å². The SMILES string of the molecule is O=c1sc(-c2c(F)c(F)nc(F)c2F)c(C(C(F)(F)F)(C(F)(F)F)C(F)(F)C(F)(F)C(F)(F)F)s1. The zero-order chi connectivity index (χ0) is 27.7. The molecule has 0 aliphatic rings. The third-order valence-electron chi connectivity index (χ3n) is 4.21. The number of halogens is 17. The van der Waals surface area contributed by atoms with E-state index in [1.807, 2.05) is 4.98 Å². The molecule has 2 nitrogen and oxygen atoms in total. The molecule has 0 atom stereocenters. The van der Waals surface area contributed by atoms with Crippen molar-refractivity contribution in [3.63, 3.8) is 0 Å². The zero-order valence-electron chi connectivity index (χ0n) is 15.1. The van der Waals surface area contributed by atoms with Crippen LogP contribution in [-0.2, 0) is 5.41 Å². The van der Waals surface area contributed by atoms with E-state index in [0.29, 0.717) is 0 Å². The molecule has 0 aliphatic carbocycles. The van der Waals surface area contributed by atoms with Crippen molar-refractivity contribution in [2.75, 3.05) is 0 Å². The Morgan fingerprint density at radius 3 is 1.31 bits per heavy atom. The molecule has 2 heterocycles. The van der Waals surface area contributed by atoms with Crippen LogP contribution in [0.3, 0.4) is 0 Å². The molecular weight excluding hydrogens is 585 g/mol. The predicted octanol–water partition coefficient (Wildman–Crippen LogP) is 6.98. The van der Waals surface area contributed by atoms with Gasteiger partial charge in [0.1, 0.15) is 0 Å². The van der Waals surface area contributed by atoms with E-state index in [0.717, 1.165) is 0 Å². The quantitative estimate of drug-likeness (QED) is 0.286. The standard InChI is InChI=1S/C14F17NOS2/c15-2-1(3(16)7(18)32-6(2)17)4-5(35-8(33)34-4)9(12(23,24)25,13(26,27)28)10(19,20)11(21,22)14(29,30)31. The minimum atomic E-state index is -8.30. The Morgan fingerprint density at radius 2 is 0.971 bits per heavy atom. The molecular formula is C14F17NOS2. The lowest BCUT2D eigenvalue weighted by atomic mass is 9.74. The van der Waals surface area contributed by atoms with Gasteiger partial charge in [0.05, 0.1) is 15.3 Å². The summed E-state index contributed by atoms with van der Waals surface area (Å²) in [7, 11) is 0. The van der Waals surface area contributed by atoms with Crippen LogP contribution in [0.1, 0.15) is 4.88 Å². The molecule has 0 aliphatic heterocycles. The number of nitrogens with zero attached hydrogens (tertiary/aromatic N) is 1. The Balaban J connectivity index is 3.28. The molecule has 2 rings (SSSR count). The summed E-state index contributed by atoms with van der Waals surface area (Å²) in [6, 6.07) is 0. The van der Waals surface area contributed by atoms with E-state index >= 15 is 0 Å². The topological polar surface area (TPSA) is 30.0 Å². The minimum absolute atomic E-state index is 1.23. The van der Waals surface area contributed by atoms with Gasteiger partial charge in [0.15, 0.2) is 11.6 Å². The lowest BCUT2D eigenvalue weighted by Gasteiger charge is -2.44. The van der Waals surface area contributed by atoms with E-state index in [4.69, 9.17) is 0 Å². The summed E-state index contributed by atoms with van der Waals surface area (Å²) in [4.78, 5) is 7.18. The van der Waals surface area contributed by atoms with Crippen LogP contribution in [0.25, 0.3) is 10.4 Å². The van der Waals surface area contributed by atoms with Gasteiger partial charge in [-0.15, -0.1) is 0 Å². The van der Waals surface area contributed by atoms with Gasteiger partial charge in [0.25, 0.3) is 21.4 Å². The normalized spacial score (nSPS) is 14.5. The Bertz CT molecular complexity index is 1150. The fourth-order valence-corrected chi connectivity index (χ4v) is 5.19. The number of aromatic nitrogens is 1. The average Bonchev–Trinajstić information content (AvgIpc) is 2.98. The first-order valence-corrected chi connectivity index (χ1v) is 9.31. The number of hydrogen-bond acceptors (Lipinski definition) is 4. The summed E-state index contributed by atoms with van der Waals surface area (Å²) in [5, 5.41) is 0. The lowest BCUT2D eigenvalue weighted by molar-refractivity contribution is -0.431. The highest BCUT2D eigenvalue weighted by Crippen LogP contribution is 2.68. The molecule has 198 valence electrons. The highest BCUT2D eigenvalue weighted by molar-refractivity contribution is 7.30. The van der Waals surface area contributed by atoms with Crippen LogP contribution in [0.4, 0.5) is 74.6 Å². The molecule has 0 fully saturated rings. The third kappa shape index (κ3) is 3.93. The summed E-state index contributed by atoms with van der Waals surface area (Å²) >= 11 is -2.93. The molecule has 0 saturated heterocycles. The molecule has 35 heavy (non-hydrogen) atoms. The van der Waals surface area contributed by atoms with Gasteiger partial charge in [-0.1, -0.05) is 22.7 Å². The number of alkyl halides is 13. The highest BCUT2D eigenvalue weighted by Gasteiger charge is 2.93. The summed E-state index contributed by atoms with van der Waals surface area (Å²) in [6.07, 6.45) is -23.6. The van der Waals surface area contributed by atoms with Gasteiger partial charge in [-0.25, -0.2) is 8.78 Å². The molecule has 0 bridgehead atoms. The monoisotopic (exact) mass is 585 g/mol. The van der Waals surface area contributed by atoms with Gasteiger partial charge < -0.3 is 0 Å². The second kappa shape index (κ2) is 8.17. The maximum absolute atomic E-state index is 14.4. The van der Waals surface area contributed by atoms with Crippen molar-refractivity contribution >= 4 is 22.7 Å². The third-order valence-corrected chi connectivity index (χ3v) is 6.50. The largest absolute Gasteiger partial charge is 0.459 e. The fourth-order valence-electron chi connectivity index (χ4n) is 2.71. The molecule has 0 amide bonds. The molecule has 0 unspecified atom stereocenters. The van der Waals surface area contributed by atoms with Crippen LogP contribution >= 0.6 is 22.7 Å². The van der Waals surface area contributed by atoms with Gasteiger partial charge >= 0.3 is 30.4 Å². The van der Waals surface area contributed by atoms with Gasteiger partial charge in [-0.3, -0.25) is 4.79 Å². The molecule has 0 radical (unpaired) electrons. The molecule has 21 heteroatoms. The van der Waals surface area contributed by atoms with Crippen molar-refractivity contribution in [1.29, 1.82) is 0 Å². The van der Waals surface area contributed by atoms with Crippen LogP contribution in [0.15, 0.2) is 4.79 Å². The molecule has 0 saturated carbocycles. The Hall–Kier alpha value is -2.19. The van der Waals surface area contributed by atoms with Gasteiger partial charge in [0, 0.05) is 0 Å². The fraction of sp³-hybridized carbons (Fsp3) is 0.429. The van der Waals surface area contributed by atoms with Crippen LogP contribution < -0.4 is 4.06 Å². The minimum Gasteiger partial charge on any atom is -0.265 e. The average molecular weight is 585 g/mol. The first kappa shape index (κ1) is 29.0. The van der Waals surface area contributed by atoms with E-state index in [9.17, 15) is 79.4 Å². The van der Waals surface area contributed by atoms with E-state index < -0.39 is 101 Å². The highest BCUT2D eigenvalue weighted by atomic mass is 32.2. The van der Waals surface area contributed by atoms with Gasteiger partial charge in [-0.2, -0.15) is 70.8 Å². The Labute approximate surface area is 186 Å². The maximum Gasteiger partial charge on any atom is 0.459 e. The van der Waals surface area contributed by atoms with Crippen LogP contribution in [0, 0.1) is 23.5 Å². The summed E-state index contributed by atoms with van der Waals surface area (Å²) in [6.45, 7) is 0. The van der Waals surface area contributed by atoms with Crippen molar-refractivity contribution in [2.24, 2.45) is 0 Å². The van der Waals surface area contributed by atoms with Crippen molar-refractivity contribution in [2.45, 2.75) is 35.8 Å². The van der Waals surface area contributed by atoms with Crippen molar-refractivity contribution in [1.82, 2.24) is 4.98 Å². The Kier molecular flexibility index (Phi) is 6.78. The Morgan fingerprint density at radius 1 is 0.571 bits per heavy atom. The van der Waals surface area contributed by atoms with Crippen LogP contribution in [-0.4, -0.2) is 35.4 Å². The first-order valence-electron chi connectivity index (χ1n) is 7.68. The van der Waals surface area contributed by atoms with Crippen molar-refractivity contribution in [3.8, 4) is 10.4 Å². The van der Waals surface area contributed by atoms with Crippen LogP contribution in [0.5, 0.6) is 0 Å². The number of rotatable bonds is 4. The van der Waals surface area contributed by atoms with E-state index in [1.165, 1.54) is 0 Å². The van der Waals surface area contributed by atoms with E-state index in [1.54, 1.807) is 0 Å². The van der Waals surface area contributed by atoms with Crippen molar-refractivity contribution < 1.29 is 74.6 Å². The second-order valence-corrected chi connectivity index (χ2v) is 8.43. The predicted molar refractivity (Wildman–Crippen MR) is 81.3 cm³/mol. The summed E-state index contributed by atoms with van der Waals surface area (Å²) < 4.78 is 228. The molecule has 2 aromatic heterocycles. The van der Waals surface area contributed by atoms with Gasteiger partial charge in [-0.05, 0) is 0 Å². The van der Waals surface area contributed by atoms with E-state index in [-0.39, 0.29) is 0 Å². The lowest BCUT2D eigenvalue weighted by Crippen LogP contribution is -2.72. The maximum atomic E-state index is 14.4. The second-order valence-electron chi connectivity index (χ2n) is 6.20. The molecule has 0 spiro atoms. The summed E-state index contributed by atoms with van der Waals surface area (Å²) in [5.41, 5.74) is -10.4. The molecule has 0 aromatic carbocycles. The number of hydrogen-bond donors (Lipinski definition) is 0. The smallest absolute Gasteiger partial charge is 0.265 e. The molecule has 2 aromatic rings. The zero-order valence-corrected chi connectivity index (χ0v) is 16.7. The van der Waals surface area contributed by atoms with Crippen molar-refractivity contribution in [3.05, 3.63) is 37.3 Å². The number of pyridine rings is 1. The summed E-state index contributed by atoms with van der Waals surface area (Å²) in [5.74, 6) is -28.0. The van der Waals surface area contributed by atoms with Gasteiger partial charge in [0.2, 0.25) is 0 Å². The first-order chi connectivity index (χ1) is 15.4. The molecule has 0 N–H and O–H groups in total.